The summed E-state index contributed by atoms with van der Waals surface area (Å²) in [7, 11) is 1.54. The highest BCUT2D eigenvalue weighted by Crippen LogP contribution is 2.18. The van der Waals surface area contributed by atoms with E-state index in [4.69, 9.17) is 0 Å². The fourth-order valence-electron chi connectivity index (χ4n) is 0.905. The first kappa shape index (κ1) is 9.83. The summed E-state index contributed by atoms with van der Waals surface area (Å²) in [5.41, 5.74) is 0. The van der Waals surface area contributed by atoms with Gasteiger partial charge in [0.05, 0.1) is 0 Å². The second-order valence-corrected chi connectivity index (χ2v) is 3.10. The largest absolute Gasteiger partial charge is 0.353 e. The van der Waals surface area contributed by atoms with E-state index in [-0.39, 0.29) is 11.9 Å². The van der Waals surface area contributed by atoms with E-state index in [1.165, 1.54) is 0 Å². The van der Waals surface area contributed by atoms with Crippen LogP contribution in [0.15, 0.2) is 0 Å². The van der Waals surface area contributed by atoms with Gasteiger partial charge in [0.1, 0.15) is 0 Å². The second-order valence-electron chi connectivity index (χ2n) is 3.10. The Bertz CT molecular complexity index is 202. The van der Waals surface area contributed by atoms with Crippen LogP contribution in [-0.4, -0.2) is 31.6 Å². The van der Waals surface area contributed by atoms with E-state index in [0.29, 0.717) is 19.0 Å². The maximum atomic E-state index is 11.1. The zero-order valence-corrected chi connectivity index (χ0v) is 7.72. The molecule has 3 N–H and O–H groups in total. The van der Waals surface area contributed by atoms with Crippen molar-refractivity contribution in [3.8, 4) is 0 Å². The average molecular weight is 185 g/mol. The highest BCUT2D eigenvalue weighted by molar-refractivity contribution is 5.78. The topological polar surface area (TPSA) is 70.2 Å². The molecule has 0 aromatic rings. The Kier molecular flexibility index (Phi) is 3.54. The molecule has 0 spiro atoms. The molecule has 74 valence electrons. The summed E-state index contributed by atoms with van der Waals surface area (Å²) >= 11 is 0. The number of hydrogen-bond donors (Lipinski definition) is 3. The van der Waals surface area contributed by atoms with Crippen molar-refractivity contribution in [1.82, 2.24) is 16.0 Å². The summed E-state index contributed by atoms with van der Waals surface area (Å²) in [5, 5.41) is 7.79. The molecule has 3 amide bonds. The molecule has 13 heavy (non-hydrogen) atoms. The van der Waals surface area contributed by atoms with E-state index < -0.39 is 0 Å². The molecule has 5 heteroatoms. The molecule has 1 aliphatic carbocycles. The van der Waals surface area contributed by atoms with Crippen LogP contribution in [0.25, 0.3) is 0 Å². The van der Waals surface area contributed by atoms with Crippen molar-refractivity contribution in [2.75, 3.05) is 13.6 Å². The molecule has 1 rings (SSSR count). The number of carbonyl (C=O) groups excluding carboxylic acids is 2. The molecular formula is C8H15N3O2. The smallest absolute Gasteiger partial charge is 0.314 e. The summed E-state index contributed by atoms with van der Waals surface area (Å²) in [5.74, 6) is 0.0129. The maximum absolute atomic E-state index is 11.1. The molecule has 0 saturated heterocycles. The van der Waals surface area contributed by atoms with Crippen molar-refractivity contribution in [2.24, 2.45) is 0 Å². The van der Waals surface area contributed by atoms with Crippen molar-refractivity contribution >= 4 is 11.9 Å². The number of hydrogen-bond acceptors (Lipinski definition) is 2. The third-order valence-corrected chi connectivity index (χ3v) is 1.81. The van der Waals surface area contributed by atoms with Crippen molar-refractivity contribution in [1.29, 1.82) is 0 Å². The Morgan fingerprint density at radius 3 is 2.62 bits per heavy atom. The van der Waals surface area contributed by atoms with E-state index >= 15 is 0 Å². The van der Waals surface area contributed by atoms with Crippen LogP contribution in [0.1, 0.15) is 19.3 Å². The van der Waals surface area contributed by atoms with E-state index in [1.807, 2.05) is 0 Å². The second kappa shape index (κ2) is 4.69. The predicted octanol–water partition coefficient (Wildman–Crippen LogP) is -0.416. The van der Waals surface area contributed by atoms with E-state index in [2.05, 4.69) is 16.0 Å². The minimum atomic E-state index is -0.251. The van der Waals surface area contributed by atoms with Crippen LogP contribution in [0.5, 0.6) is 0 Å². The number of carbonyl (C=O) groups is 2. The Morgan fingerprint density at radius 1 is 1.38 bits per heavy atom. The molecule has 1 aliphatic rings. The lowest BCUT2D eigenvalue weighted by molar-refractivity contribution is -0.121. The van der Waals surface area contributed by atoms with Crippen molar-refractivity contribution in [3.05, 3.63) is 0 Å². The summed E-state index contributed by atoms with van der Waals surface area (Å²) in [6, 6.07) is 0.145. The van der Waals surface area contributed by atoms with Crippen molar-refractivity contribution in [2.45, 2.75) is 25.3 Å². The van der Waals surface area contributed by atoms with Crippen molar-refractivity contribution < 1.29 is 9.59 Å². The zero-order valence-electron chi connectivity index (χ0n) is 7.72. The van der Waals surface area contributed by atoms with Gasteiger partial charge >= 0.3 is 6.03 Å². The van der Waals surface area contributed by atoms with Crippen molar-refractivity contribution in [3.63, 3.8) is 0 Å². The first-order chi connectivity index (χ1) is 6.22. The fourth-order valence-corrected chi connectivity index (χ4v) is 0.905. The normalized spacial score (nSPS) is 14.8. The van der Waals surface area contributed by atoms with Gasteiger partial charge in [-0.1, -0.05) is 0 Å². The van der Waals surface area contributed by atoms with Gasteiger partial charge in [-0.15, -0.1) is 0 Å². The SMILES string of the molecule is CNC(=O)NCCC(=O)NC1CC1. The van der Waals surface area contributed by atoms with Gasteiger partial charge in [-0.2, -0.15) is 0 Å². The summed E-state index contributed by atoms with van der Waals surface area (Å²) < 4.78 is 0. The van der Waals surface area contributed by atoms with Crippen LogP contribution < -0.4 is 16.0 Å². The lowest BCUT2D eigenvalue weighted by atomic mass is 10.4. The highest BCUT2D eigenvalue weighted by atomic mass is 16.2. The average Bonchev–Trinajstić information content (AvgIpc) is 2.88. The first-order valence-corrected chi connectivity index (χ1v) is 4.47. The molecule has 5 nitrogen and oxygen atoms in total. The van der Waals surface area contributed by atoms with Crippen LogP contribution in [0.3, 0.4) is 0 Å². The Morgan fingerprint density at radius 2 is 2.08 bits per heavy atom. The van der Waals surface area contributed by atoms with Gasteiger partial charge in [0.25, 0.3) is 0 Å². The van der Waals surface area contributed by atoms with Crippen LogP contribution in [0.2, 0.25) is 0 Å². The van der Waals surface area contributed by atoms with Gasteiger partial charge in [0, 0.05) is 26.1 Å². The van der Waals surface area contributed by atoms with Gasteiger partial charge in [0.15, 0.2) is 0 Å². The molecule has 0 heterocycles. The quantitative estimate of drug-likeness (QED) is 0.557. The monoisotopic (exact) mass is 185 g/mol. The number of urea groups is 1. The van der Waals surface area contributed by atoms with Crippen LogP contribution in [-0.2, 0) is 4.79 Å². The van der Waals surface area contributed by atoms with E-state index in [0.717, 1.165) is 12.8 Å². The lowest BCUT2D eigenvalue weighted by Gasteiger charge is -2.04. The molecular weight excluding hydrogens is 170 g/mol. The molecule has 0 unspecified atom stereocenters. The summed E-state index contributed by atoms with van der Waals surface area (Å²) in [6.07, 6.45) is 2.53. The van der Waals surface area contributed by atoms with E-state index in [1.54, 1.807) is 7.05 Å². The molecule has 0 aromatic carbocycles. The van der Waals surface area contributed by atoms with Gasteiger partial charge < -0.3 is 16.0 Å². The number of rotatable bonds is 4. The molecule has 0 bridgehead atoms. The molecule has 0 atom stereocenters. The molecule has 0 aliphatic heterocycles. The summed E-state index contributed by atoms with van der Waals surface area (Å²) in [6.45, 7) is 0.387. The van der Waals surface area contributed by atoms with Crippen LogP contribution in [0.4, 0.5) is 4.79 Å². The number of nitrogens with one attached hydrogen (secondary N) is 3. The Balaban J connectivity index is 1.97. The standard InChI is InChI=1S/C8H15N3O2/c1-9-8(13)10-5-4-7(12)11-6-2-3-6/h6H,2-5H2,1H3,(H,11,12)(H2,9,10,13). The molecule has 0 aromatic heterocycles. The molecule has 1 saturated carbocycles. The van der Waals surface area contributed by atoms with Gasteiger partial charge in [-0.25, -0.2) is 4.79 Å². The predicted molar refractivity (Wildman–Crippen MR) is 48.2 cm³/mol. The molecule has 0 radical (unpaired) electrons. The highest BCUT2D eigenvalue weighted by Gasteiger charge is 2.22. The zero-order chi connectivity index (χ0) is 9.68. The van der Waals surface area contributed by atoms with Crippen LogP contribution >= 0.6 is 0 Å². The van der Waals surface area contributed by atoms with Gasteiger partial charge in [-0.3, -0.25) is 4.79 Å². The first-order valence-electron chi connectivity index (χ1n) is 4.47. The van der Waals surface area contributed by atoms with Gasteiger partial charge in [0.2, 0.25) is 5.91 Å². The third-order valence-electron chi connectivity index (χ3n) is 1.81. The Labute approximate surface area is 77.3 Å². The maximum Gasteiger partial charge on any atom is 0.314 e. The minimum absolute atomic E-state index is 0.0129. The van der Waals surface area contributed by atoms with Crippen LogP contribution in [0, 0.1) is 0 Å². The van der Waals surface area contributed by atoms with E-state index in [9.17, 15) is 9.59 Å². The molecule has 1 fully saturated rings. The number of amides is 3. The summed E-state index contributed by atoms with van der Waals surface area (Å²) in [4.78, 5) is 21.8. The third kappa shape index (κ3) is 4.35. The fraction of sp³-hybridized carbons (Fsp3) is 0.750. The lowest BCUT2D eigenvalue weighted by Crippen LogP contribution is -2.36. The minimum Gasteiger partial charge on any atom is -0.353 e. The Hall–Kier alpha value is -1.26. The van der Waals surface area contributed by atoms with Gasteiger partial charge in [-0.05, 0) is 12.8 Å².